The number of primary amides is 1. The van der Waals surface area contributed by atoms with Crippen molar-refractivity contribution in [2.75, 3.05) is 12.9 Å². The molecule has 0 saturated carbocycles. The van der Waals surface area contributed by atoms with Gasteiger partial charge in [-0.1, -0.05) is 54.6 Å². The molecular weight excluding hydrogens is 402 g/mol. The van der Waals surface area contributed by atoms with Gasteiger partial charge < -0.3 is 15.2 Å². The summed E-state index contributed by atoms with van der Waals surface area (Å²) >= 11 is 0. The number of nitrogens with two attached hydrogens (primary N) is 1. The predicted molar refractivity (Wildman–Crippen MR) is 116 cm³/mol. The van der Waals surface area contributed by atoms with E-state index in [-0.39, 0.29) is 6.42 Å². The fraction of sp³-hybridized carbons (Fsp3) is 0.435. The van der Waals surface area contributed by atoms with Crippen LogP contribution in [0.25, 0.3) is 11.1 Å². The number of benzene rings is 2. The fourth-order valence-corrected chi connectivity index (χ4v) is 4.61. The van der Waals surface area contributed by atoms with Gasteiger partial charge in [0.05, 0.1) is 6.10 Å². The van der Waals surface area contributed by atoms with Gasteiger partial charge in [-0.15, -0.1) is 0 Å². The van der Waals surface area contributed by atoms with E-state index >= 15 is 0 Å². The zero-order valence-electron chi connectivity index (χ0n) is 17.4. The van der Waals surface area contributed by atoms with Gasteiger partial charge in [0.15, 0.2) is 20.9 Å². The summed E-state index contributed by atoms with van der Waals surface area (Å²) in [6, 6.07) is 17.7. The molecule has 0 bridgehead atoms. The molecule has 7 heteroatoms. The number of hydrogen-bond donors (Lipinski definition) is 1. The summed E-state index contributed by atoms with van der Waals surface area (Å²) in [6.45, 7) is 1.89. The van der Waals surface area contributed by atoms with Crippen molar-refractivity contribution in [1.29, 1.82) is 0 Å². The van der Waals surface area contributed by atoms with Crippen molar-refractivity contribution < 1.29 is 22.7 Å². The van der Waals surface area contributed by atoms with Gasteiger partial charge in [0.2, 0.25) is 5.91 Å². The Morgan fingerprint density at radius 3 is 2.30 bits per heavy atom. The third-order valence-electron chi connectivity index (χ3n) is 5.81. The fourth-order valence-electron chi connectivity index (χ4n) is 3.63. The average molecular weight is 432 g/mol. The van der Waals surface area contributed by atoms with Crippen LogP contribution in [0.4, 0.5) is 0 Å². The molecule has 30 heavy (non-hydrogen) atoms. The first kappa shape index (κ1) is 22.5. The van der Waals surface area contributed by atoms with Crippen molar-refractivity contribution in [1.82, 2.24) is 0 Å². The number of ether oxygens (including phenoxy) is 2. The molecule has 1 fully saturated rings. The normalized spacial score (nSPS) is 20.3. The number of carbonyl (C=O) groups is 1. The molecule has 2 aromatic rings. The monoisotopic (exact) mass is 431 g/mol. The maximum absolute atomic E-state index is 12.6. The number of hydrogen-bond acceptors (Lipinski definition) is 5. The maximum Gasteiger partial charge on any atom is 0.241 e. The lowest BCUT2D eigenvalue weighted by molar-refractivity contribution is -0.194. The van der Waals surface area contributed by atoms with Gasteiger partial charge in [0.1, 0.15) is 0 Å². The molecule has 1 aliphatic rings. The molecule has 1 saturated heterocycles. The van der Waals surface area contributed by atoms with E-state index < -0.39 is 32.9 Å². The van der Waals surface area contributed by atoms with Gasteiger partial charge in [0, 0.05) is 19.3 Å². The van der Waals surface area contributed by atoms with Crippen molar-refractivity contribution in [3.8, 4) is 11.1 Å². The minimum absolute atomic E-state index is 0.224. The van der Waals surface area contributed by atoms with E-state index in [9.17, 15) is 13.2 Å². The standard InChI is InChI=1S/C23H29NO5S/c1-23(22(24)25,30(2,26)27)20(29-21-10-6-7-15-28-21)16-17-11-13-19(14-12-17)18-8-4-3-5-9-18/h3-5,8-9,11-14,20-21H,6-7,10,15-16H2,1-2H3,(H2,24,25). The van der Waals surface area contributed by atoms with Gasteiger partial charge in [-0.25, -0.2) is 8.42 Å². The topological polar surface area (TPSA) is 95.7 Å². The van der Waals surface area contributed by atoms with Gasteiger partial charge >= 0.3 is 0 Å². The molecule has 0 aliphatic carbocycles. The summed E-state index contributed by atoms with van der Waals surface area (Å²) in [5.74, 6) is -0.924. The molecule has 0 aromatic heterocycles. The van der Waals surface area contributed by atoms with Crippen LogP contribution in [-0.4, -0.2) is 44.3 Å². The first-order chi connectivity index (χ1) is 14.2. The van der Waals surface area contributed by atoms with Crippen LogP contribution in [0.3, 0.4) is 0 Å². The second-order valence-electron chi connectivity index (χ2n) is 7.93. The zero-order chi connectivity index (χ0) is 21.8. The van der Waals surface area contributed by atoms with Crippen LogP contribution in [0.5, 0.6) is 0 Å². The number of amides is 1. The molecule has 3 atom stereocenters. The Bertz CT molecular complexity index is 953. The van der Waals surface area contributed by atoms with Gasteiger partial charge in [0.25, 0.3) is 0 Å². The molecule has 162 valence electrons. The Morgan fingerprint density at radius 1 is 1.13 bits per heavy atom. The van der Waals surface area contributed by atoms with Crippen LogP contribution in [0.1, 0.15) is 31.7 Å². The van der Waals surface area contributed by atoms with Crippen LogP contribution in [-0.2, 0) is 30.5 Å². The lowest BCUT2D eigenvalue weighted by Crippen LogP contribution is -2.58. The molecule has 3 unspecified atom stereocenters. The second-order valence-corrected chi connectivity index (χ2v) is 10.3. The third-order valence-corrected chi connectivity index (χ3v) is 7.81. The van der Waals surface area contributed by atoms with Crippen molar-refractivity contribution >= 4 is 15.7 Å². The zero-order valence-corrected chi connectivity index (χ0v) is 18.2. The summed E-state index contributed by atoms with van der Waals surface area (Å²) in [6.07, 6.45) is 2.25. The van der Waals surface area contributed by atoms with Crippen molar-refractivity contribution in [2.24, 2.45) is 5.73 Å². The Morgan fingerprint density at radius 2 is 1.77 bits per heavy atom. The molecule has 2 aromatic carbocycles. The summed E-state index contributed by atoms with van der Waals surface area (Å²) in [5.41, 5.74) is 8.57. The van der Waals surface area contributed by atoms with Crippen LogP contribution >= 0.6 is 0 Å². The predicted octanol–water partition coefficient (Wildman–Crippen LogP) is 3.10. The van der Waals surface area contributed by atoms with Crippen LogP contribution in [0.2, 0.25) is 0 Å². The van der Waals surface area contributed by atoms with E-state index in [1.807, 2.05) is 54.6 Å². The highest BCUT2D eigenvalue weighted by molar-refractivity contribution is 7.92. The summed E-state index contributed by atoms with van der Waals surface area (Å²) in [7, 11) is -3.84. The van der Waals surface area contributed by atoms with Crippen molar-refractivity contribution in [3.63, 3.8) is 0 Å². The molecule has 2 N–H and O–H groups in total. The average Bonchev–Trinajstić information content (AvgIpc) is 2.73. The third kappa shape index (κ3) is 4.91. The number of carbonyl (C=O) groups excluding carboxylic acids is 1. The Kier molecular flexibility index (Phi) is 6.95. The van der Waals surface area contributed by atoms with Crippen LogP contribution in [0.15, 0.2) is 54.6 Å². The second kappa shape index (κ2) is 9.29. The van der Waals surface area contributed by atoms with E-state index in [1.54, 1.807) is 0 Å². The van der Waals surface area contributed by atoms with Crippen molar-refractivity contribution in [3.05, 3.63) is 60.2 Å². The molecule has 1 aliphatic heterocycles. The smallest absolute Gasteiger partial charge is 0.241 e. The SMILES string of the molecule is CC(C(N)=O)(C(Cc1ccc(-c2ccccc2)cc1)OC1CCCCO1)S(C)(=O)=O. The first-order valence-corrected chi connectivity index (χ1v) is 12.0. The lowest BCUT2D eigenvalue weighted by atomic mass is 9.94. The van der Waals surface area contributed by atoms with Gasteiger partial charge in [-0.3, -0.25) is 4.79 Å². The minimum atomic E-state index is -3.84. The molecule has 6 nitrogen and oxygen atoms in total. The quantitative estimate of drug-likeness (QED) is 0.693. The van der Waals surface area contributed by atoms with Crippen LogP contribution in [0, 0.1) is 0 Å². The lowest BCUT2D eigenvalue weighted by Gasteiger charge is -2.36. The molecule has 0 spiro atoms. The Balaban J connectivity index is 1.89. The van der Waals surface area contributed by atoms with Gasteiger partial charge in [-0.05, 0) is 42.9 Å². The number of rotatable bonds is 8. The summed E-state index contributed by atoms with van der Waals surface area (Å²) in [4.78, 5) is 12.3. The van der Waals surface area contributed by atoms with E-state index in [0.29, 0.717) is 13.0 Å². The molecule has 1 amide bonds. The molecule has 3 rings (SSSR count). The Hall–Kier alpha value is -2.22. The van der Waals surface area contributed by atoms with E-state index in [0.717, 1.165) is 35.8 Å². The van der Waals surface area contributed by atoms with Crippen molar-refractivity contribution in [2.45, 2.75) is 49.7 Å². The Labute approximate surface area is 178 Å². The largest absolute Gasteiger partial charge is 0.368 e. The summed E-state index contributed by atoms with van der Waals surface area (Å²) in [5, 5.41) is 0. The van der Waals surface area contributed by atoms with E-state index in [1.165, 1.54) is 6.92 Å². The van der Waals surface area contributed by atoms with Gasteiger partial charge in [-0.2, -0.15) is 0 Å². The number of sulfone groups is 1. The highest BCUT2D eigenvalue weighted by Gasteiger charge is 2.50. The summed E-state index contributed by atoms with van der Waals surface area (Å²) < 4.78 is 35.0. The minimum Gasteiger partial charge on any atom is -0.368 e. The molecular formula is C23H29NO5S. The van der Waals surface area contributed by atoms with E-state index in [4.69, 9.17) is 15.2 Å². The highest BCUT2D eigenvalue weighted by atomic mass is 32.2. The van der Waals surface area contributed by atoms with Crippen LogP contribution < -0.4 is 5.73 Å². The molecule has 1 heterocycles. The first-order valence-electron chi connectivity index (χ1n) is 10.1. The highest BCUT2D eigenvalue weighted by Crippen LogP contribution is 2.30. The van der Waals surface area contributed by atoms with E-state index in [2.05, 4.69) is 0 Å². The maximum atomic E-state index is 12.6. The molecule has 0 radical (unpaired) electrons.